The molecule has 1 aliphatic rings. The Labute approximate surface area is 108 Å². The monoisotopic (exact) mass is 250 g/mol. The number of nitrogens with zero attached hydrogens (tertiary/aromatic N) is 1. The van der Waals surface area contributed by atoms with Crippen molar-refractivity contribution in [3.05, 3.63) is 11.8 Å². The van der Waals surface area contributed by atoms with Crippen molar-refractivity contribution in [3.63, 3.8) is 0 Å². The van der Waals surface area contributed by atoms with Crippen LogP contribution in [0.2, 0.25) is 0 Å². The molecule has 3 N–H and O–H groups in total. The average molecular weight is 250 g/mol. The summed E-state index contributed by atoms with van der Waals surface area (Å²) in [5.74, 6) is 1.70. The lowest BCUT2D eigenvalue weighted by molar-refractivity contribution is -0.117. The molecule has 18 heavy (non-hydrogen) atoms. The number of anilines is 1. The molecule has 2 atom stereocenters. The van der Waals surface area contributed by atoms with E-state index < -0.39 is 0 Å². The van der Waals surface area contributed by atoms with E-state index in [2.05, 4.69) is 27.8 Å². The molecule has 1 aromatic rings. The van der Waals surface area contributed by atoms with Crippen LogP contribution in [0.1, 0.15) is 31.9 Å². The second kappa shape index (κ2) is 6.00. The third-order valence-corrected chi connectivity index (χ3v) is 3.62. The first-order chi connectivity index (χ1) is 8.65. The molecule has 2 unspecified atom stereocenters. The van der Waals surface area contributed by atoms with Crippen LogP contribution >= 0.6 is 0 Å². The SMILES string of the molecule is Cc1cc(NC(=O)CC(C)C2CCCNC2)n[nH]1. The van der Waals surface area contributed by atoms with Gasteiger partial charge in [0.25, 0.3) is 0 Å². The Morgan fingerprint density at radius 3 is 3.11 bits per heavy atom. The van der Waals surface area contributed by atoms with Crippen LogP contribution in [0, 0.1) is 18.8 Å². The Kier molecular flexibility index (Phi) is 4.36. The summed E-state index contributed by atoms with van der Waals surface area (Å²) in [7, 11) is 0. The lowest BCUT2D eigenvalue weighted by Gasteiger charge is -2.27. The summed E-state index contributed by atoms with van der Waals surface area (Å²) in [6, 6.07) is 1.84. The minimum Gasteiger partial charge on any atom is -0.316 e. The van der Waals surface area contributed by atoms with Crippen LogP contribution in [0.3, 0.4) is 0 Å². The molecule has 0 bridgehead atoms. The van der Waals surface area contributed by atoms with Gasteiger partial charge < -0.3 is 10.6 Å². The molecule has 0 saturated carbocycles. The number of nitrogens with one attached hydrogen (secondary N) is 3. The standard InChI is InChI=1S/C13H22N4O/c1-9(11-4-3-5-14-8-11)6-13(18)15-12-7-10(2)16-17-12/h7,9,11,14H,3-6,8H2,1-2H3,(H2,15,16,17,18). The van der Waals surface area contributed by atoms with Gasteiger partial charge in [0.05, 0.1) is 0 Å². The number of carbonyl (C=O) groups is 1. The van der Waals surface area contributed by atoms with Crippen LogP contribution in [0.4, 0.5) is 5.82 Å². The van der Waals surface area contributed by atoms with E-state index in [0.29, 0.717) is 24.1 Å². The van der Waals surface area contributed by atoms with Crippen LogP contribution < -0.4 is 10.6 Å². The predicted octanol–water partition coefficient (Wildman–Crippen LogP) is 1.68. The van der Waals surface area contributed by atoms with Gasteiger partial charge >= 0.3 is 0 Å². The third-order valence-electron chi connectivity index (χ3n) is 3.62. The molecule has 2 rings (SSSR count). The summed E-state index contributed by atoms with van der Waals surface area (Å²) >= 11 is 0. The molecule has 0 spiro atoms. The number of aryl methyl sites for hydroxylation is 1. The van der Waals surface area contributed by atoms with Crippen LogP contribution in [0.5, 0.6) is 0 Å². The fraction of sp³-hybridized carbons (Fsp3) is 0.692. The summed E-state index contributed by atoms with van der Waals surface area (Å²) < 4.78 is 0. The molecule has 1 aromatic heterocycles. The Balaban J connectivity index is 1.79. The van der Waals surface area contributed by atoms with E-state index in [4.69, 9.17) is 0 Å². The van der Waals surface area contributed by atoms with E-state index in [1.165, 1.54) is 12.8 Å². The van der Waals surface area contributed by atoms with Crippen molar-refractivity contribution >= 4 is 11.7 Å². The normalized spacial score (nSPS) is 21.6. The summed E-state index contributed by atoms with van der Waals surface area (Å²) in [4.78, 5) is 11.9. The topological polar surface area (TPSA) is 69.8 Å². The molecule has 2 heterocycles. The molecular weight excluding hydrogens is 228 g/mol. The Bertz CT molecular complexity index is 395. The van der Waals surface area contributed by atoms with Crippen LogP contribution in [0.15, 0.2) is 6.07 Å². The fourth-order valence-electron chi connectivity index (χ4n) is 2.50. The molecule has 1 saturated heterocycles. The molecule has 1 amide bonds. The van der Waals surface area contributed by atoms with E-state index in [1.54, 1.807) is 0 Å². The number of piperidine rings is 1. The van der Waals surface area contributed by atoms with Gasteiger partial charge in [-0.3, -0.25) is 9.89 Å². The maximum atomic E-state index is 11.9. The van der Waals surface area contributed by atoms with Gasteiger partial charge in [-0.05, 0) is 44.7 Å². The van der Waals surface area contributed by atoms with Crippen molar-refractivity contribution in [2.75, 3.05) is 18.4 Å². The minimum absolute atomic E-state index is 0.0552. The lowest BCUT2D eigenvalue weighted by atomic mass is 9.85. The van der Waals surface area contributed by atoms with Crippen LogP contribution in [-0.2, 0) is 4.79 Å². The highest BCUT2D eigenvalue weighted by atomic mass is 16.1. The second-order valence-electron chi connectivity index (χ2n) is 5.27. The van der Waals surface area contributed by atoms with Gasteiger partial charge in [0.2, 0.25) is 5.91 Å². The first kappa shape index (κ1) is 13.1. The summed E-state index contributed by atoms with van der Waals surface area (Å²) in [5, 5.41) is 13.0. The van der Waals surface area contributed by atoms with E-state index in [-0.39, 0.29) is 5.91 Å². The van der Waals surface area contributed by atoms with Crippen molar-refractivity contribution in [2.45, 2.75) is 33.1 Å². The second-order valence-corrected chi connectivity index (χ2v) is 5.27. The van der Waals surface area contributed by atoms with Crippen LogP contribution in [-0.4, -0.2) is 29.2 Å². The van der Waals surface area contributed by atoms with Gasteiger partial charge in [0, 0.05) is 18.2 Å². The smallest absolute Gasteiger partial charge is 0.225 e. The Morgan fingerprint density at radius 2 is 2.50 bits per heavy atom. The lowest BCUT2D eigenvalue weighted by Crippen LogP contribution is -2.34. The summed E-state index contributed by atoms with van der Waals surface area (Å²) in [6.07, 6.45) is 3.01. The van der Waals surface area contributed by atoms with Gasteiger partial charge in [-0.15, -0.1) is 0 Å². The van der Waals surface area contributed by atoms with E-state index in [9.17, 15) is 4.79 Å². The molecule has 1 fully saturated rings. The number of H-pyrrole nitrogens is 1. The minimum atomic E-state index is 0.0552. The molecule has 100 valence electrons. The third kappa shape index (κ3) is 3.57. The molecular formula is C13H22N4O. The zero-order chi connectivity index (χ0) is 13.0. The van der Waals surface area contributed by atoms with Crippen molar-refractivity contribution < 1.29 is 4.79 Å². The number of hydrogen-bond donors (Lipinski definition) is 3. The molecule has 5 heteroatoms. The van der Waals surface area contributed by atoms with Gasteiger partial charge in [-0.25, -0.2) is 0 Å². The van der Waals surface area contributed by atoms with E-state index in [0.717, 1.165) is 18.8 Å². The van der Waals surface area contributed by atoms with E-state index in [1.807, 2.05) is 13.0 Å². The van der Waals surface area contributed by atoms with Crippen LogP contribution in [0.25, 0.3) is 0 Å². The maximum Gasteiger partial charge on any atom is 0.225 e. The summed E-state index contributed by atoms with van der Waals surface area (Å²) in [5.41, 5.74) is 0.954. The Hall–Kier alpha value is -1.36. The number of aromatic nitrogens is 2. The first-order valence-electron chi connectivity index (χ1n) is 6.67. The van der Waals surface area contributed by atoms with Gasteiger partial charge in [0.1, 0.15) is 0 Å². The predicted molar refractivity (Wildman–Crippen MR) is 71.3 cm³/mol. The zero-order valence-corrected chi connectivity index (χ0v) is 11.1. The molecule has 0 aliphatic carbocycles. The summed E-state index contributed by atoms with van der Waals surface area (Å²) in [6.45, 7) is 6.23. The molecule has 0 aromatic carbocycles. The average Bonchev–Trinajstić information content (AvgIpc) is 2.75. The van der Waals surface area contributed by atoms with E-state index >= 15 is 0 Å². The highest BCUT2D eigenvalue weighted by Gasteiger charge is 2.22. The van der Waals surface area contributed by atoms with Crippen molar-refractivity contribution in [2.24, 2.45) is 11.8 Å². The molecule has 1 aliphatic heterocycles. The Morgan fingerprint density at radius 1 is 1.67 bits per heavy atom. The first-order valence-corrected chi connectivity index (χ1v) is 6.67. The number of carbonyl (C=O) groups excluding carboxylic acids is 1. The molecule has 5 nitrogen and oxygen atoms in total. The van der Waals surface area contributed by atoms with Gasteiger partial charge in [-0.2, -0.15) is 5.10 Å². The van der Waals surface area contributed by atoms with Crippen molar-refractivity contribution in [1.29, 1.82) is 0 Å². The fourth-order valence-corrected chi connectivity index (χ4v) is 2.50. The number of rotatable bonds is 4. The zero-order valence-electron chi connectivity index (χ0n) is 11.1. The maximum absolute atomic E-state index is 11.9. The highest BCUT2D eigenvalue weighted by Crippen LogP contribution is 2.22. The quantitative estimate of drug-likeness (QED) is 0.761. The molecule has 0 radical (unpaired) electrons. The van der Waals surface area contributed by atoms with Crippen molar-refractivity contribution in [1.82, 2.24) is 15.5 Å². The number of amides is 1. The number of hydrogen-bond acceptors (Lipinski definition) is 3. The number of aromatic amines is 1. The van der Waals surface area contributed by atoms with Gasteiger partial charge in [-0.1, -0.05) is 6.92 Å². The largest absolute Gasteiger partial charge is 0.316 e. The van der Waals surface area contributed by atoms with Gasteiger partial charge in [0.15, 0.2) is 5.82 Å². The highest BCUT2D eigenvalue weighted by molar-refractivity contribution is 5.89. The van der Waals surface area contributed by atoms with Crippen molar-refractivity contribution in [3.8, 4) is 0 Å².